The van der Waals surface area contributed by atoms with Crippen LogP contribution in [-0.2, 0) is 13.2 Å². The molecule has 4 heteroatoms. The minimum atomic E-state index is 0.543. The fourth-order valence-electron chi connectivity index (χ4n) is 1.66. The molecule has 0 saturated carbocycles. The number of nitrogens with one attached hydrogen (secondary N) is 1. The zero-order valence-corrected chi connectivity index (χ0v) is 11.8. The number of ether oxygens (including phenoxy) is 1. The second kappa shape index (κ2) is 6.52. The van der Waals surface area contributed by atoms with Gasteiger partial charge in [-0.15, -0.1) is 0 Å². The van der Waals surface area contributed by atoms with Crippen LogP contribution in [0.4, 0.5) is 0 Å². The van der Waals surface area contributed by atoms with E-state index in [1.807, 2.05) is 37.4 Å². The van der Waals surface area contributed by atoms with Crippen molar-refractivity contribution in [1.82, 2.24) is 10.3 Å². The third-order valence-electron chi connectivity index (χ3n) is 2.52. The van der Waals surface area contributed by atoms with Crippen molar-refractivity contribution in [3.63, 3.8) is 0 Å². The van der Waals surface area contributed by atoms with Crippen LogP contribution in [0.1, 0.15) is 11.1 Å². The zero-order valence-electron chi connectivity index (χ0n) is 10.2. The lowest BCUT2D eigenvalue weighted by molar-refractivity contribution is 0.301. The van der Waals surface area contributed by atoms with Gasteiger partial charge >= 0.3 is 0 Å². The first-order valence-electron chi connectivity index (χ1n) is 5.74. The average molecular weight is 307 g/mol. The number of hydrogen-bond acceptors (Lipinski definition) is 3. The van der Waals surface area contributed by atoms with E-state index in [4.69, 9.17) is 4.74 Å². The molecule has 2 rings (SSSR count). The van der Waals surface area contributed by atoms with E-state index >= 15 is 0 Å². The van der Waals surface area contributed by atoms with Gasteiger partial charge in [-0.2, -0.15) is 0 Å². The van der Waals surface area contributed by atoms with Gasteiger partial charge in [0.05, 0.1) is 6.20 Å². The smallest absolute Gasteiger partial charge is 0.142 e. The van der Waals surface area contributed by atoms with Crippen molar-refractivity contribution >= 4 is 15.9 Å². The van der Waals surface area contributed by atoms with E-state index in [0.29, 0.717) is 6.61 Å². The summed E-state index contributed by atoms with van der Waals surface area (Å²) in [7, 11) is 1.92. The van der Waals surface area contributed by atoms with Crippen LogP contribution in [0.2, 0.25) is 0 Å². The fraction of sp³-hybridized carbons (Fsp3) is 0.214. The number of hydrogen-bond donors (Lipinski definition) is 1. The molecule has 18 heavy (non-hydrogen) atoms. The van der Waals surface area contributed by atoms with Gasteiger partial charge in [0.25, 0.3) is 0 Å². The Morgan fingerprint density at radius 2 is 2.22 bits per heavy atom. The Labute approximate surface area is 115 Å². The van der Waals surface area contributed by atoms with E-state index in [2.05, 4.69) is 26.2 Å². The van der Waals surface area contributed by atoms with Gasteiger partial charge in [0.1, 0.15) is 12.4 Å². The monoisotopic (exact) mass is 306 g/mol. The Morgan fingerprint density at radius 1 is 1.33 bits per heavy atom. The average Bonchev–Trinajstić information content (AvgIpc) is 2.38. The first-order chi connectivity index (χ1) is 8.79. The summed E-state index contributed by atoms with van der Waals surface area (Å²) in [6, 6.07) is 10.1. The second-order valence-electron chi connectivity index (χ2n) is 3.93. The van der Waals surface area contributed by atoms with E-state index in [1.165, 1.54) is 0 Å². The molecular weight excluding hydrogens is 292 g/mol. The van der Waals surface area contributed by atoms with Crippen molar-refractivity contribution in [3.05, 3.63) is 58.3 Å². The summed E-state index contributed by atoms with van der Waals surface area (Å²) in [5.74, 6) is 0.826. The van der Waals surface area contributed by atoms with Gasteiger partial charge in [-0.25, -0.2) is 0 Å². The van der Waals surface area contributed by atoms with Crippen molar-refractivity contribution in [1.29, 1.82) is 0 Å². The molecule has 0 unspecified atom stereocenters. The number of rotatable bonds is 5. The van der Waals surface area contributed by atoms with Crippen molar-refractivity contribution in [2.24, 2.45) is 0 Å². The molecular formula is C14H15BrN2O. The molecule has 1 aromatic carbocycles. The summed E-state index contributed by atoms with van der Waals surface area (Å²) >= 11 is 3.45. The maximum Gasteiger partial charge on any atom is 0.142 e. The largest absolute Gasteiger partial charge is 0.487 e. The van der Waals surface area contributed by atoms with Gasteiger partial charge < -0.3 is 10.1 Å². The van der Waals surface area contributed by atoms with Crippen molar-refractivity contribution < 1.29 is 4.74 Å². The normalized spacial score (nSPS) is 10.3. The molecule has 0 aliphatic heterocycles. The van der Waals surface area contributed by atoms with E-state index in [-0.39, 0.29) is 0 Å². The number of aromatic nitrogens is 1. The Balaban J connectivity index is 2.06. The predicted molar refractivity (Wildman–Crippen MR) is 75.5 cm³/mol. The molecule has 0 spiro atoms. The lowest BCUT2D eigenvalue weighted by atomic mass is 10.2. The molecule has 3 nitrogen and oxygen atoms in total. The highest BCUT2D eigenvalue weighted by atomic mass is 79.9. The third kappa shape index (κ3) is 3.55. The first kappa shape index (κ1) is 13.1. The first-order valence-corrected chi connectivity index (χ1v) is 6.53. The maximum atomic E-state index is 5.81. The van der Waals surface area contributed by atoms with Crippen LogP contribution < -0.4 is 10.1 Å². The van der Waals surface area contributed by atoms with E-state index in [9.17, 15) is 0 Å². The minimum Gasteiger partial charge on any atom is -0.487 e. The van der Waals surface area contributed by atoms with E-state index < -0.39 is 0 Å². The van der Waals surface area contributed by atoms with Crippen LogP contribution in [0.3, 0.4) is 0 Å². The topological polar surface area (TPSA) is 34.2 Å². The summed E-state index contributed by atoms with van der Waals surface area (Å²) in [4.78, 5) is 4.10. The highest BCUT2D eigenvalue weighted by Crippen LogP contribution is 2.19. The Bertz CT molecular complexity index is 517. The molecule has 1 heterocycles. The Hall–Kier alpha value is -1.39. The van der Waals surface area contributed by atoms with Gasteiger partial charge in [0.2, 0.25) is 0 Å². The van der Waals surface area contributed by atoms with E-state index in [0.717, 1.165) is 27.9 Å². The van der Waals surface area contributed by atoms with Crippen molar-refractivity contribution in [3.8, 4) is 5.75 Å². The predicted octanol–water partition coefficient (Wildman–Crippen LogP) is 3.14. The van der Waals surface area contributed by atoms with Gasteiger partial charge in [0.15, 0.2) is 0 Å². The number of nitrogens with zero attached hydrogens (tertiary/aromatic N) is 1. The van der Waals surface area contributed by atoms with Crippen molar-refractivity contribution in [2.75, 3.05) is 7.05 Å². The lowest BCUT2D eigenvalue weighted by Crippen LogP contribution is -2.07. The van der Waals surface area contributed by atoms with Gasteiger partial charge in [-0.05, 0) is 30.8 Å². The molecule has 0 saturated heterocycles. The Kier molecular flexibility index (Phi) is 4.73. The molecule has 1 aromatic heterocycles. The number of benzene rings is 1. The maximum absolute atomic E-state index is 5.81. The minimum absolute atomic E-state index is 0.543. The zero-order chi connectivity index (χ0) is 12.8. The molecule has 0 aliphatic carbocycles. The SMILES string of the molecule is CNCc1ccncc1OCc1cccc(Br)c1. The second-order valence-corrected chi connectivity index (χ2v) is 4.85. The molecule has 1 N–H and O–H groups in total. The number of halogens is 1. The quantitative estimate of drug-likeness (QED) is 0.921. The van der Waals surface area contributed by atoms with E-state index in [1.54, 1.807) is 12.4 Å². The van der Waals surface area contributed by atoms with Crippen LogP contribution in [-0.4, -0.2) is 12.0 Å². The van der Waals surface area contributed by atoms with Crippen molar-refractivity contribution in [2.45, 2.75) is 13.2 Å². The molecule has 0 atom stereocenters. The standard InChI is InChI=1S/C14H15BrN2O/c1-16-8-12-5-6-17-9-14(12)18-10-11-3-2-4-13(15)7-11/h2-7,9,16H,8,10H2,1H3. The summed E-state index contributed by atoms with van der Waals surface area (Å²) in [5, 5.41) is 3.12. The van der Waals surface area contributed by atoms with Gasteiger partial charge in [-0.3, -0.25) is 4.98 Å². The summed E-state index contributed by atoms with van der Waals surface area (Å²) in [6.45, 7) is 1.32. The number of pyridine rings is 1. The highest BCUT2D eigenvalue weighted by molar-refractivity contribution is 9.10. The summed E-state index contributed by atoms with van der Waals surface area (Å²) in [5.41, 5.74) is 2.24. The van der Waals surface area contributed by atoms with Gasteiger partial charge in [-0.1, -0.05) is 28.1 Å². The summed E-state index contributed by atoms with van der Waals surface area (Å²) < 4.78 is 6.87. The highest BCUT2D eigenvalue weighted by Gasteiger charge is 2.03. The van der Waals surface area contributed by atoms with Crippen LogP contribution in [0, 0.1) is 0 Å². The molecule has 0 bridgehead atoms. The van der Waals surface area contributed by atoms with Crippen LogP contribution in [0.15, 0.2) is 47.2 Å². The molecule has 0 amide bonds. The fourth-order valence-corrected chi connectivity index (χ4v) is 2.11. The Morgan fingerprint density at radius 3 is 3.00 bits per heavy atom. The lowest BCUT2D eigenvalue weighted by Gasteiger charge is -2.10. The molecule has 0 fully saturated rings. The van der Waals surface area contributed by atoms with Crippen LogP contribution in [0.5, 0.6) is 5.75 Å². The van der Waals surface area contributed by atoms with Gasteiger partial charge in [0, 0.05) is 22.8 Å². The molecule has 2 aromatic rings. The summed E-state index contributed by atoms with van der Waals surface area (Å²) in [6.07, 6.45) is 3.53. The molecule has 0 radical (unpaired) electrons. The molecule has 0 aliphatic rings. The third-order valence-corrected chi connectivity index (χ3v) is 3.01. The van der Waals surface area contributed by atoms with Crippen LogP contribution in [0.25, 0.3) is 0 Å². The molecule has 94 valence electrons. The van der Waals surface area contributed by atoms with Crippen LogP contribution >= 0.6 is 15.9 Å².